The summed E-state index contributed by atoms with van der Waals surface area (Å²) in [6.45, 7) is 4.61. The summed E-state index contributed by atoms with van der Waals surface area (Å²) in [4.78, 5) is 0. The first-order chi connectivity index (χ1) is 10.7. The maximum absolute atomic E-state index is 12.3. The largest absolute Gasteiger partial charge is 0.454 e. The smallest absolute Gasteiger partial charge is 0.231 e. The van der Waals surface area contributed by atoms with Gasteiger partial charge >= 0.3 is 0 Å². The number of fused-ring (bicyclic) bond motifs is 1. The minimum atomic E-state index is -0.743. The SMILES string of the molecule is CCCCCCCCS(=O)C(C)Cc1ccc2c(c1)OCO2.[Ti]. The Balaban J connectivity index is 0.00000264. The molecule has 0 saturated carbocycles. The van der Waals surface area contributed by atoms with Crippen LogP contribution in [0.5, 0.6) is 11.5 Å². The van der Waals surface area contributed by atoms with Gasteiger partial charge in [-0.05, 0) is 30.5 Å². The zero-order valence-corrected chi connectivity index (χ0v) is 16.7. The third kappa shape index (κ3) is 6.98. The average molecular weight is 372 g/mol. The molecular weight excluding hydrogens is 344 g/mol. The van der Waals surface area contributed by atoms with Crippen molar-refractivity contribution in [3.63, 3.8) is 0 Å². The molecule has 0 N–H and O–H groups in total. The van der Waals surface area contributed by atoms with Crippen molar-refractivity contribution in [2.45, 2.75) is 64.0 Å². The van der Waals surface area contributed by atoms with E-state index in [0.717, 1.165) is 30.1 Å². The van der Waals surface area contributed by atoms with Crippen LogP contribution in [0.2, 0.25) is 0 Å². The molecule has 1 aliphatic heterocycles. The Labute approximate surface area is 157 Å². The Morgan fingerprint density at radius 1 is 1.09 bits per heavy atom. The zero-order valence-electron chi connectivity index (χ0n) is 14.3. The molecular formula is C18H28O3STi. The van der Waals surface area contributed by atoms with Crippen molar-refractivity contribution in [1.82, 2.24) is 0 Å². The van der Waals surface area contributed by atoms with Crippen LogP contribution in [0.25, 0.3) is 0 Å². The summed E-state index contributed by atoms with van der Waals surface area (Å²) >= 11 is 0. The molecule has 2 unspecified atom stereocenters. The molecule has 0 bridgehead atoms. The molecule has 0 spiro atoms. The van der Waals surface area contributed by atoms with Crippen LogP contribution in [-0.2, 0) is 38.9 Å². The van der Waals surface area contributed by atoms with Crippen LogP contribution >= 0.6 is 0 Å². The quantitative estimate of drug-likeness (QED) is 0.450. The van der Waals surface area contributed by atoms with Crippen LogP contribution in [0.3, 0.4) is 0 Å². The molecule has 0 fully saturated rings. The van der Waals surface area contributed by atoms with E-state index in [0.29, 0.717) is 6.79 Å². The van der Waals surface area contributed by atoms with Gasteiger partial charge in [0, 0.05) is 43.5 Å². The molecule has 0 saturated heterocycles. The standard InChI is InChI=1S/C18H28O3S.Ti/c1-3-4-5-6-7-8-11-22(19)15(2)12-16-9-10-17-18(13-16)21-14-20-17;/h9-10,13,15H,3-8,11-12,14H2,1-2H3;. The summed E-state index contributed by atoms with van der Waals surface area (Å²) in [6, 6.07) is 6.01. The Kier molecular flexibility index (Phi) is 10.2. The van der Waals surface area contributed by atoms with Gasteiger partial charge in [-0.1, -0.05) is 52.0 Å². The van der Waals surface area contributed by atoms with Gasteiger partial charge in [-0.15, -0.1) is 0 Å². The Bertz CT molecular complexity index is 493. The molecule has 1 heterocycles. The van der Waals surface area contributed by atoms with Gasteiger partial charge in [0.2, 0.25) is 6.79 Å². The molecule has 1 aliphatic rings. The molecule has 0 radical (unpaired) electrons. The van der Waals surface area contributed by atoms with Crippen LogP contribution in [0.4, 0.5) is 0 Å². The minimum absolute atomic E-state index is 0. The fourth-order valence-corrected chi connectivity index (χ4v) is 3.99. The second-order valence-electron chi connectivity index (χ2n) is 6.05. The van der Waals surface area contributed by atoms with E-state index in [2.05, 4.69) is 13.8 Å². The van der Waals surface area contributed by atoms with E-state index >= 15 is 0 Å². The third-order valence-electron chi connectivity index (χ3n) is 4.11. The van der Waals surface area contributed by atoms with E-state index in [1.165, 1.54) is 37.7 Å². The molecule has 128 valence electrons. The molecule has 23 heavy (non-hydrogen) atoms. The van der Waals surface area contributed by atoms with E-state index in [1.54, 1.807) is 0 Å². The summed E-state index contributed by atoms with van der Waals surface area (Å²) in [5, 5.41) is 0.191. The Morgan fingerprint density at radius 2 is 1.78 bits per heavy atom. The maximum atomic E-state index is 12.3. The third-order valence-corrected chi connectivity index (χ3v) is 5.86. The second-order valence-corrected chi connectivity index (χ2v) is 8.03. The number of hydrogen-bond donors (Lipinski definition) is 0. The van der Waals surface area contributed by atoms with E-state index in [9.17, 15) is 4.21 Å². The van der Waals surface area contributed by atoms with E-state index in [4.69, 9.17) is 9.47 Å². The first kappa shape index (κ1) is 20.7. The van der Waals surface area contributed by atoms with Gasteiger partial charge in [0.15, 0.2) is 11.5 Å². The molecule has 2 atom stereocenters. The van der Waals surface area contributed by atoms with Crippen LogP contribution in [0.1, 0.15) is 57.9 Å². The minimum Gasteiger partial charge on any atom is -0.454 e. The van der Waals surface area contributed by atoms with E-state index < -0.39 is 10.8 Å². The van der Waals surface area contributed by atoms with E-state index in [1.807, 2.05) is 18.2 Å². The van der Waals surface area contributed by atoms with Gasteiger partial charge in [-0.3, -0.25) is 4.21 Å². The number of hydrogen-bond acceptors (Lipinski definition) is 3. The summed E-state index contributed by atoms with van der Waals surface area (Å²) in [7, 11) is -0.743. The van der Waals surface area contributed by atoms with Crippen LogP contribution in [0.15, 0.2) is 18.2 Å². The van der Waals surface area contributed by atoms with Crippen molar-refractivity contribution in [2.24, 2.45) is 0 Å². The first-order valence-corrected chi connectivity index (χ1v) is 9.84. The van der Waals surface area contributed by atoms with E-state index in [-0.39, 0.29) is 27.0 Å². The van der Waals surface area contributed by atoms with Crippen molar-refractivity contribution in [2.75, 3.05) is 12.5 Å². The maximum Gasteiger partial charge on any atom is 0.231 e. The number of unbranched alkanes of at least 4 members (excludes halogenated alkanes) is 5. The van der Waals surface area contributed by atoms with Crippen molar-refractivity contribution < 1.29 is 35.4 Å². The Morgan fingerprint density at radius 3 is 2.57 bits per heavy atom. The fourth-order valence-electron chi connectivity index (χ4n) is 2.72. The normalized spacial score (nSPS) is 15.0. The van der Waals surface area contributed by atoms with Gasteiger partial charge in [-0.2, -0.15) is 0 Å². The average Bonchev–Trinajstić information content (AvgIpc) is 2.98. The topological polar surface area (TPSA) is 35.5 Å². The fraction of sp³-hybridized carbons (Fsp3) is 0.667. The zero-order chi connectivity index (χ0) is 15.8. The molecule has 3 nitrogen and oxygen atoms in total. The van der Waals surface area contributed by atoms with Gasteiger partial charge in [-0.25, -0.2) is 0 Å². The molecule has 2 rings (SSSR count). The van der Waals surface area contributed by atoms with Crippen LogP contribution < -0.4 is 9.47 Å². The predicted octanol–water partition coefficient (Wildman–Crippen LogP) is 4.45. The van der Waals surface area contributed by atoms with Crippen LogP contribution in [0, 0.1) is 0 Å². The predicted molar refractivity (Wildman–Crippen MR) is 92.1 cm³/mol. The first-order valence-electron chi connectivity index (χ1n) is 8.46. The van der Waals surface area contributed by atoms with Crippen molar-refractivity contribution >= 4 is 10.8 Å². The number of rotatable bonds is 10. The summed E-state index contributed by atoms with van der Waals surface area (Å²) < 4.78 is 23.0. The van der Waals surface area contributed by atoms with Gasteiger partial charge in [0.05, 0.1) is 0 Å². The second kappa shape index (κ2) is 11.3. The van der Waals surface area contributed by atoms with Gasteiger partial charge in [0.1, 0.15) is 0 Å². The monoisotopic (exact) mass is 372 g/mol. The molecule has 0 amide bonds. The molecule has 1 aromatic rings. The Hall–Kier alpha value is -0.316. The number of ether oxygens (including phenoxy) is 2. The summed E-state index contributed by atoms with van der Waals surface area (Å²) in [5.74, 6) is 2.45. The number of benzene rings is 1. The van der Waals surface area contributed by atoms with Crippen LogP contribution in [-0.4, -0.2) is 22.0 Å². The van der Waals surface area contributed by atoms with Crippen molar-refractivity contribution in [3.8, 4) is 11.5 Å². The molecule has 0 aromatic heterocycles. The molecule has 5 heteroatoms. The van der Waals surface area contributed by atoms with Gasteiger partial charge < -0.3 is 9.47 Å². The molecule has 1 aromatic carbocycles. The summed E-state index contributed by atoms with van der Waals surface area (Å²) in [5.41, 5.74) is 1.17. The van der Waals surface area contributed by atoms with Crippen molar-refractivity contribution in [1.29, 1.82) is 0 Å². The van der Waals surface area contributed by atoms with Crippen molar-refractivity contribution in [3.05, 3.63) is 23.8 Å². The van der Waals surface area contributed by atoms with Gasteiger partial charge in [0.25, 0.3) is 0 Å². The molecule has 0 aliphatic carbocycles. The summed E-state index contributed by atoms with van der Waals surface area (Å²) in [6.07, 6.45) is 8.32.